The normalized spacial score (nSPS) is 57.4. The van der Waals surface area contributed by atoms with Crippen molar-refractivity contribution >= 4 is 0 Å². The van der Waals surface area contributed by atoms with Crippen molar-refractivity contribution in [1.82, 2.24) is 0 Å². The molecule has 4 rings (SSSR count). The van der Waals surface area contributed by atoms with Crippen molar-refractivity contribution in [3.05, 3.63) is 0 Å². The zero-order chi connectivity index (χ0) is 15.6. The Hall–Kier alpha value is -0.480. The minimum absolute atomic E-state index is 0.0270. The molecule has 0 aliphatic heterocycles. The molecular weight excluding hydrogens is 268 g/mol. The zero-order valence-electron chi connectivity index (χ0n) is 14.4. The molecule has 4 aliphatic rings. The van der Waals surface area contributed by atoms with Gasteiger partial charge in [0.25, 0.3) is 0 Å². The van der Waals surface area contributed by atoms with Gasteiger partial charge in [-0.2, -0.15) is 0 Å². The fourth-order valence-corrected chi connectivity index (χ4v) is 7.55. The van der Waals surface area contributed by atoms with Gasteiger partial charge in [-0.3, -0.25) is 0 Å². The summed E-state index contributed by atoms with van der Waals surface area (Å²) in [5, 5.41) is 11.0. The Bertz CT molecular complexity index is 505. The van der Waals surface area contributed by atoms with Gasteiger partial charge in [0.05, 0.1) is 0 Å². The number of terminal acetylenes is 1. The lowest BCUT2D eigenvalue weighted by atomic mass is 9.44. The third kappa shape index (κ3) is 1.71. The van der Waals surface area contributed by atoms with Crippen molar-refractivity contribution in [2.45, 2.75) is 83.7 Å². The second kappa shape index (κ2) is 4.76. The van der Waals surface area contributed by atoms with E-state index in [1.807, 2.05) is 0 Å². The van der Waals surface area contributed by atoms with Crippen molar-refractivity contribution in [1.29, 1.82) is 0 Å². The Kier molecular flexibility index (Phi) is 3.26. The van der Waals surface area contributed by atoms with Gasteiger partial charge in [-0.25, -0.2) is 0 Å². The van der Waals surface area contributed by atoms with Crippen LogP contribution in [0.1, 0.15) is 78.1 Å². The van der Waals surface area contributed by atoms with Crippen LogP contribution in [0.3, 0.4) is 0 Å². The molecule has 0 aromatic carbocycles. The van der Waals surface area contributed by atoms with Gasteiger partial charge in [-0.1, -0.05) is 32.6 Å². The monoisotopic (exact) mass is 300 g/mol. The van der Waals surface area contributed by atoms with E-state index < -0.39 is 5.60 Å². The van der Waals surface area contributed by atoms with E-state index in [2.05, 4.69) is 19.8 Å². The standard InChI is InChI=1S/C21H32O/c1-4-21(22)14-11-18-16-9-8-15-7-5-6-12-19(15,2)17(16)10-13-20(18,21)3/h1,15-18,22H,5-14H2,2-3H3/t15-,16-,17+,18-,19+,20-,21-/m1/s1. The van der Waals surface area contributed by atoms with Gasteiger partial charge in [0.1, 0.15) is 5.60 Å². The van der Waals surface area contributed by atoms with Crippen LogP contribution in [-0.4, -0.2) is 10.7 Å². The molecule has 4 aliphatic carbocycles. The van der Waals surface area contributed by atoms with Crippen LogP contribution in [0.25, 0.3) is 0 Å². The Balaban J connectivity index is 1.67. The minimum atomic E-state index is -0.840. The third-order valence-corrected chi connectivity index (χ3v) is 8.97. The summed E-state index contributed by atoms with van der Waals surface area (Å²) in [5.41, 5.74) is -0.285. The molecule has 7 atom stereocenters. The molecule has 4 saturated carbocycles. The molecule has 0 unspecified atom stereocenters. The Morgan fingerprint density at radius 3 is 2.45 bits per heavy atom. The van der Waals surface area contributed by atoms with Crippen molar-refractivity contribution in [2.24, 2.45) is 34.5 Å². The molecule has 4 fully saturated rings. The van der Waals surface area contributed by atoms with Gasteiger partial charge in [0.15, 0.2) is 0 Å². The van der Waals surface area contributed by atoms with Crippen molar-refractivity contribution in [3.8, 4) is 12.3 Å². The Labute approximate surface area is 136 Å². The fourth-order valence-electron chi connectivity index (χ4n) is 7.55. The molecule has 0 saturated heterocycles. The highest BCUT2D eigenvalue weighted by Crippen LogP contribution is 2.68. The van der Waals surface area contributed by atoms with Crippen LogP contribution in [0.15, 0.2) is 0 Å². The molecule has 122 valence electrons. The second-order valence-electron chi connectivity index (χ2n) is 9.40. The molecule has 0 heterocycles. The molecule has 1 nitrogen and oxygen atoms in total. The first kappa shape index (κ1) is 15.1. The quantitative estimate of drug-likeness (QED) is 0.638. The molecule has 0 amide bonds. The van der Waals surface area contributed by atoms with Crippen molar-refractivity contribution in [2.75, 3.05) is 0 Å². The lowest BCUT2D eigenvalue weighted by molar-refractivity contribution is -0.134. The van der Waals surface area contributed by atoms with E-state index in [4.69, 9.17) is 6.42 Å². The summed E-state index contributed by atoms with van der Waals surface area (Å²) in [5.74, 6) is 6.14. The van der Waals surface area contributed by atoms with E-state index in [0.29, 0.717) is 11.3 Å². The number of rotatable bonds is 0. The summed E-state index contributed by atoms with van der Waals surface area (Å²) < 4.78 is 0. The third-order valence-electron chi connectivity index (χ3n) is 8.97. The van der Waals surface area contributed by atoms with Crippen molar-refractivity contribution < 1.29 is 5.11 Å². The maximum Gasteiger partial charge on any atom is 0.130 e. The zero-order valence-corrected chi connectivity index (χ0v) is 14.4. The highest BCUT2D eigenvalue weighted by atomic mass is 16.3. The van der Waals surface area contributed by atoms with Gasteiger partial charge < -0.3 is 5.11 Å². The predicted octanol–water partition coefficient (Wildman–Crippen LogP) is 4.78. The van der Waals surface area contributed by atoms with E-state index in [-0.39, 0.29) is 5.41 Å². The van der Waals surface area contributed by atoms with Crippen LogP contribution in [0.4, 0.5) is 0 Å². The molecule has 1 heteroatoms. The average molecular weight is 300 g/mol. The van der Waals surface area contributed by atoms with Crippen LogP contribution in [-0.2, 0) is 0 Å². The van der Waals surface area contributed by atoms with Gasteiger partial charge in [0.2, 0.25) is 0 Å². The lowest BCUT2D eigenvalue weighted by Crippen LogP contribution is -2.55. The van der Waals surface area contributed by atoms with E-state index in [9.17, 15) is 5.11 Å². The maximum atomic E-state index is 11.0. The number of aliphatic hydroxyl groups is 1. The summed E-state index contributed by atoms with van der Waals surface area (Å²) in [7, 11) is 0. The number of hydrogen-bond donors (Lipinski definition) is 1. The topological polar surface area (TPSA) is 20.2 Å². The first-order valence-corrected chi connectivity index (χ1v) is 9.65. The molecular formula is C21H32O. The Morgan fingerprint density at radius 2 is 1.68 bits per heavy atom. The van der Waals surface area contributed by atoms with E-state index in [0.717, 1.165) is 37.0 Å². The average Bonchev–Trinajstić information content (AvgIpc) is 2.79. The maximum absolute atomic E-state index is 11.0. The number of fused-ring (bicyclic) bond motifs is 5. The summed E-state index contributed by atoms with van der Waals surface area (Å²) in [6.07, 6.45) is 18.8. The molecule has 1 N–H and O–H groups in total. The fraction of sp³-hybridized carbons (Fsp3) is 0.905. The smallest absolute Gasteiger partial charge is 0.130 e. The molecule has 0 radical (unpaired) electrons. The van der Waals surface area contributed by atoms with Gasteiger partial charge in [0, 0.05) is 5.41 Å². The van der Waals surface area contributed by atoms with Crippen molar-refractivity contribution in [3.63, 3.8) is 0 Å². The summed E-state index contributed by atoms with van der Waals surface area (Å²) in [6.45, 7) is 4.91. The van der Waals surface area contributed by atoms with E-state index >= 15 is 0 Å². The van der Waals surface area contributed by atoms with Crippen LogP contribution >= 0.6 is 0 Å². The van der Waals surface area contributed by atoms with Gasteiger partial charge in [-0.05, 0) is 80.5 Å². The molecule has 0 aromatic rings. The molecule has 0 spiro atoms. The summed E-state index contributed by atoms with van der Waals surface area (Å²) >= 11 is 0. The largest absolute Gasteiger partial charge is 0.377 e. The summed E-state index contributed by atoms with van der Waals surface area (Å²) in [6, 6.07) is 0. The van der Waals surface area contributed by atoms with E-state index in [1.54, 1.807) is 0 Å². The van der Waals surface area contributed by atoms with Gasteiger partial charge >= 0.3 is 0 Å². The SMILES string of the molecule is C#C[C@@]1(O)CC[C@@H]2[C@@H]3CC[C@H]4CCCC[C@]4(C)[C@H]3CC[C@]21C. The summed E-state index contributed by atoms with van der Waals surface area (Å²) in [4.78, 5) is 0. The Morgan fingerprint density at radius 1 is 0.909 bits per heavy atom. The van der Waals surface area contributed by atoms with Crippen LogP contribution < -0.4 is 0 Å². The lowest BCUT2D eigenvalue weighted by Gasteiger charge is -2.60. The second-order valence-corrected chi connectivity index (χ2v) is 9.40. The highest BCUT2D eigenvalue weighted by molar-refractivity contribution is 5.23. The van der Waals surface area contributed by atoms with Crippen LogP contribution in [0.5, 0.6) is 0 Å². The van der Waals surface area contributed by atoms with Gasteiger partial charge in [-0.15, -0.1) is 6.42 Å². The molecule has 22 heavy (non-hydrogen) atoms. The van der Waals surface area contributed by atoms with Crippen LogP contribution in [0, 0.1) is 46.8 Å². The van der Waals surface area contributed by atoms with E-state index in [1.165, 1.54) is 44.9 Å². The van der Waals surface area contributed by atoms with Crippen LogP contribution in [0.2, 0.25) is 0 Å². The minimum Gasteiger partial charge on any atom is -0.377 e. The first-order chi connectivity index (χ1) is 10.4. The first-order valence-electron chi connectivity index (χ1n) is 9.65. The predicted molar refractivity (Wildman–Crippen MR) is 90.1 cm³/mol. The molecule has 0 bridgehead atoms. The number of hydrogen-bond acceptors (Lipinski definition) is 1. The highest BCUT2D eigenvalue weighted by Gasteiger charge is 2.63. The molecule has 0 aromatic heterocycles.